The SMILES string of the molecule is CCc1cccc2c1OCCO2.Cc1[nH]nc2ccc(C(C)C)cc12. The summed E-state index contributed by atoms with van der Waals surface area (Å²) in [5, 5.41) is 8.43. The number of aromatic nitrogens is 2. The van der Waals surface area contributed by atoms with Crippen molar-refractivity contribution < 1.29 is 9.47 Å². The van der Waals surface area contributed by atoms with Crippen LogP contribution < -0.4 is 9.47 Å². The first kappa shape index (κ1) is 17.3. The Kier molecular flexibility index (Phi) is 5.27. The van der Waals surface area contributed by atoms with Gasteiger partial charge >= 0.3 is 0 Å². The van der Waals surface area contributed by atoms with Crippen molar-refractivity contribution in [1.29, 1.82) is 0 Å². The summed E-state index contributed by atoms with van der Waals surface area (Å²) in [7, 11) is 0. The molecule has 0 amide bonds. The number of para-hydroxylation sites is 1. The average Bonchev–Trinajstić information content (AvgIpc) is 3.02. The van der Waals surface area contributed by atoms with Gasteiger partial charge in [-0.05, 0) is 48.6 Å². The summed E-state index contributed by atoms with van der Waals surface area (Å²) in [6.45, 7) is 9.92. The van der Waals surface area contributed by atoms with E-state index in [4.69, 9.17) is 9.47 Å². The number of hydrogen-bond acceptors (Lipinski definition) is 3. The first-order valence-corrected chi connectivity index (χ1v) is 8.92. The normalized spacial score (nSPS) is 12.8. The summed E-state index contributed by atoms with van der Waals surface area (Å²) < 4.78 is 11.0. The lowest BCUT2D eigenvalue weighted by Crippen LogP contribution is -2.16. The van der Waals surface area contributed by atoms with Crippen LogP contribution in [0.4, 0.5) is 0 Å². The zero-order chi connectivity index (χ0) is 17.8. The molecule has 0 atom stereocenters. The van der Waals surface area contributed by atoms with E-state index < -0.39 is 0 Å². The van der Waals surface area contributed by atoms with Crippen LogP contribution in [0.2, 0.25) is 0 Å². The monoisotopic (exact) mass is 338 g/mol. The van der Waals surface area contributed by atoms with Gasteiger partial charge in [0.25, 0.3) is 0 Å². The van der Waals surface area contributed by atoms with Crippen LogP contribution in [0.25, 0.3) is 10.9 Å². The van der Waals surface area contributed by atoms with Gasteiger partial charge in [0.05, 0.1) is 5.52 Å². The maximum atomic E-state index is 5.52. The predicted octanol–water partition coefficient (Wildman–Crippen LogP) is 5.01. The molecule has 132 valence electrons. The van der Waals surface area contributed by atoms with Crippen LogP contribution in [0.15, 0.2) is 36.4 Å². The van der Waals surface area contributed by atoms with Gasteiger partial charge in [0, 0.05) is 11.1 Å². The van der Waals surface area contributed by atoms with Crippen molar-refractivity contribution in [3.63, 3.8) is 0 Å². The standard InChI is InChI=1S/C11H14N2.C10H12O2/c1-7(2)9-4-5-11-10(6-9)8(3)12-13-11;1-2-8-4-3-5-9-10(8)12-7-6-11-9/h4-7H,1-3H3,(H,12,13);3-5H,2,6-7H2,1H3. The summed E-state index contributed by atoms with van der Waals surface area (Å²) in [6.07, 6.45) is 0.993. The lowest BCUT2D eigenvalue weighted by atomic mass is 10.0. The second-order valence-corrected chi connectivity index (χ2v) is 6.57. The zero-order valence-corrected chi connectivity index (χ0v) is 15.4. The van der Waals surface area contributed by atoms with Gasteiger partial charge in [-0.2, -0.15) is 5.10 Å². The molecule has 4 heteroatoms. The number of aryl methyl sites for hydroxylation is 2. The molecule has 2 aromatic carbocycles. The number of rotatable bonds is 2. The molecular formula is C21H26N2O2. The Labute approximate surface area is 149 Å². The van der Waals surface area contributed by atoms with Gasteiger partial charge in [0.15, 0.2) is 11.5 Å². The molecule has 1 aromatic heterocycles. The molecule has 1 N–H and O–H groups in total. The lowest BCUT2D eigenvalue weighted by Gasteiger charge is -2.20. The van der Waals surface area contributed by atoms with E-state index in [1.807, 2.05) is 12.1 Å². The first-order chi connectivity index (χ1) is 12.1. The van der Waals surface area contributed by atoms with Crippen LogP contribution in [-0.2, 0) is 6.42 Å². The number of nitrogens with one attached hydrogen (secondary N) is 1. The van der Waals surface area contributed by atoms with Crippen molar-refractivity contribution in [3.8, 4) is 11.5 Å². The third kappa shape index (κ3) is 3.78. The van der Waals surface area contributed by atoms with Crippen LogP contribution in [-0.4, -0.2) is 23.4 Å². The van der Waals surface area contributed by atoms with E-state index in [1.54, 1.807) is 0 Å². The van der Waals surface area contributed by atoms with Crippen LogP contribution in [0.3, 0.4) is 0 Å². The molecule has 0 spiro atoms. The maximum Gasteiger partial charge on any atom is 0.164 e. The summed E-state index contributed by atoms with van der Waals surface area (Å²) in [4.78, 5) is 0. The number of H-pyrrole nitrogens is 1. The summed E-state index contributed by atoms with van der Waals surface area (Å²) in [6, 6.07) is 12.5. The fourth-order valence-corrected chi connectivity index (χ4v) is 2.93. The van der Waals surface area contributed by atoms with Gasteiger partial charge in [-0.15, -0.1) is 0 Å². The lowest BCUT2D eigenvalue weighted by molar-refractivity contribution is 0.170. The largest absolute Gasteiger partial charge is 0.486 e. The highest BCUT2D eigenvalue weighted by molar-refractivity contribution is 5.81. The number of aromatic amines is 1. The van der Waals surface area contributed by atoms with Crippen molar-refractivity contribution in [2.75, 3.05) is 13.2 Å². The third-order valence-electron chi connectivity index (χ3n) is 4.46. The Hall–Kier alpha value is -2.49. The van der Waals surface area contributed by atoms with E-state index in [0.29, 0.717) is 19.1 Å². The Balaban J connectivity index is 0.000000146. The van der Waals surface area contributed by atoms with Gasteiger partial charge < -0.3 is 9.47 Å². The van der Waals surface area contributed by atoms with Crippen LogP contribution in [0.5, 0.6) is 11.5 Å². The Morgan fingerprint density at radius 3 is 2.68 bits per heavy atom. The Bertz CT molecular complexity index is 838. The Morgan fingerprint density at radius 2 is 1.92 bits per heavy atom. The fraction of sp³-hybridized carbons (Fsp3) is 0.381. The van der Waals surface area contributed by atoms with E-state index >= 15 is 0 Å². The molecule has 1 aliphatic heterocycles. The summed E-state index contributed by atoms with van der Waals surface area (Å²) in [5.41, 5.74) is 4.81. The molecule has 0 radical (unpaired) electrons. The topological polar surface area (TPSA) is 47.1 Å². The Morgan fingerprint density at radius 1 is 1.12 bits per heavy atom. The van der Waals surface area contributed by atoms with Gasteiger partial charge in [0.2, 0.25) is 0 Å². The summed E-state index contributed by atoms with van der Waals surface area (Å²) >= 11 is 0. The van der Waals surface area contributed by atoms with Crippen LogP contribution >= 0.6 is 0 Å². The van der Waals surface area contributed by atoms with E-state index in [9.17, 15) is 0 Å². The minimum atomic E-state index is 0.582. The van der Waals surface area contributed by atoms with E-state index in [2.05, 4.69) is 62.2 Å². The maximum absolute atomic E-state index is 5.52. The second kappa shape index (κ2) is 7.60. The second-order valence-electron chi connectivity index (χ2n) is 6.57. The molecule has 0 saturated carbocycles. The first-order valence-electron chi connectivity index (χ1n) is 8.92. The minimum absolute atomic E-state index is 0.582. The number of ether oxygens (including phenoxy) is 2. The molecule has 1 aliphatic rings. The molecular weight excluding hydrogens is 312 g/mol. The molecule has 25 heavy (non-hydrogen) atoms. The minimum Gasteiger partial charge on any atom is -0.486 e. The molecule has 0 aliphatic carbocycles. The van der Waals surface area contributed by atoms with E-state index in [-0.39, 0.29) is 0 Å². The third-order valence-corrected chi connectivity index (χ3v) is 4.46. The number of benzene rings is 2. The van der Waals surface area contributed by atoms with Gasteiger partial charge in [-0.25, -0.2) is 0 Å². The average molecular weight is 338 g/mol. The smallest absolute Gasteiger partial charge is 0.164 e. The number of hydrogen-bond donors (Lipinski definition) is 1. The van der Waals surface area contributed by atoms with Crippen molar-refractivity contribution in [2.45, 2.75) is 40.0 Å². The van der Waals surface area contributed by atoms with Gasteiger partial charge in [0.1, 0.15) is 13.2 Å². The fourth-order valence-electron chi connectivity index (χ4n) is 2.93. The number of fused-ring (bicyclic) bond motifs is 2. The van der Waals surface area contributed by atoms with Crippen molar-refractivity contribution in [3.05, 3.63) is 53.2 Å². The highest BCUT2D eigenvalue weighted by Crippen LogP contribution is 2.33. The number of nitrogens with zero attached hydrogens (tertiary/aromatic N) is 1. The highest BCUT2D eigenvalue weighted by atomic mass is 16.6. The predicted molar refractivity (Wildman–Crippen MR) is 102 cm³/mol. The molecule has 0 unspecified atom stereocenters. The van der Waals surface area contributed by atoms with Crippen molar-refractivity contribution in [1.82, 2.24) is 10.2 Å². The molecule has 0 fully saturated rings. The molecule has 4 nitrogen and oxygen atoms in total. The van der Waals surface area contributed by atoms with Gasteiger partial charge in [-0.1, -0.05) is 39.0 Å². The van der Waals surface area contributed by atoms with Crippen molar-refractivity contribution >= 4 is 10.9 Å². The van der Waals surface area contributed by atoms with Crippen molar-refractivity contribution in [2.24, 2.45) is 0 Å². The molecule has 0 saturated heterocycles. The molecule has 4 rings (SSSR count). The molecule has 2 heterocycles. The van der Waals surface area contributed by atoms with Crippen LogP contribution in [0, 0.1) is 6.92 Å². The van der Waals surface area contributed by atoms with E-state index in [1.165, 1.54) is 16.5 Å². The van der Waals surface area contributed by atoms with Gasteiger partial charge in [-0.3, -0.25) is 5.10 Å². The molecule has 3 aromatic rings. The quantitative estimate of drug-likeness (QED) is 0.714. The van der Waals surface area contributed by atoms with E-state index in [0.717, 1.165) is 29.1 Å². The van der Waals surface area contributed by atoms with Crippen LogP contribution in [0.1, 0.15) is 43.5 Å². The molecule has 0 bridgehead atoms. The summed E-state index contributed by atoms with van der Waals surface area (Å²) in [5.74, 6) is 2.41. The zero-order valence-electron chi connectivity index (χ0n) is 15.4. The highest BCUT2D eigenvalue weighted by Gasteiger charge is 2.13.